The maximum absolute atomic E-state index is 6.01. The number of hydrogen-bond donors (Lipinski definition) is 1. The molecule has 0 radical (unpaired) electrons. The molecule has 0 bridgehead atoms. The molecule has 0 atom stereocenters. The number of hydrogen-bond acceptors (Lipinski definition) is 5. The molecule has 0 saturated heterocycles. The van der Waals surface area contributed by atoms with E-state index in [9.17, 15) is 0 Å². The second-order valence-electron chi connectivity index (χ2n) is 4.96. The van der Waals surface area contributed by atoms with Gasteiger partial charge in [0.05, 0.1) is 12.8 Å². The average Bonchev–Trinajstić information content (AvgIpc) is 2.37. The van der Waals surface area contributed by atoms with E-state index >= 15 is 0 Å². The first-order valence-corrected chi connectivity index (χ1v) is 6.02. The lowest BCUT2D eigenvalue weighted by Gasteiger charge is -2.33. The zero-order valence-electron chi connectivity index (χ0n) is 11.1. The van der Waals surface area contributed by atoms with Crippen LogP contribution in [0.15, 0.2) is 24.4 Å². The molecule has 5 heteroatoms. The highest BCUT2D eigenvalue weighted by Gasteiger charge is 2.34. The lowest BCUT2D eigenvalue weighted by atomic mass is 9.91. The Morgan fingerprint density at radius 2 is 2.11 bits per heavy atom. The van der Waals surface area contributed by atoms with Gasteiger partial charge in [-0.1, -0.05) is 0 Å². The summed E-state index contributed by atoms with van der Waals surface area (Å²) in [4.78, 5) is 8.42. The van der Waals surface area contributed by atoms with Gasteiger partial charge in [0.25, 0.3) is 0 Å². The van der Waals surface area contributed by atoms with Crippen molar-refractivity contribution in [3.8, 4) is 22.8 Å². The van der Waals surface area contributed by atoms with Gasteiger partial charge in [-0.05, 0) is 32.0 Å². The molecule has 98 valence electrons. The first kappa shape index (κ1) is 11.8. The standard InChI is InChI=1S/C14H15N3O2/c1-14(2)10-7-16-13(15)17-12(10)9-6-8(18-3)4-5-11(9)19-14/h4-7H,1-3H3,(H2,15,16,17). The van der Waals surface area contributed by atoms with Crippen molar-refractivity contribution in [1.29, 1.82) is 0 Å². The van der Waals surface area contributed by atoms with Gasteiger partial charge >= 0.3 is 0 Å². The molecule has 19 heavy (non-hydrogen) atoms. The van der Waals surface area contributed by atoms with Crippen LogP contribution < -0.4 is 15.2 Å². The van der Waals surface area contributed by atoms with Crippen molar-refractivity contribution < 1.29 is 9.47 Å². The highest BCUT2D eigenvalue weighted by Crippen LogP contribution is 2.45. The van der Waals surface area contributed by atoms with Crippen LogP contribution in [0.1, 0.15) is 19.4 Å². The third-order valence-corrected chi connectivity index (χ3v) is 3.26. The molecule has 1 aliphatic heterocycles. The summed E-state index contributed by atoms with van der Waals surface area (Å²) in [5.41, 5.74) is 7.82. The summed E-state index contributed by atoms with van der Waals surface area (Å²) in [7, 11) is 1.63. The van der Waals surface area contributed by atoms with Crippen LogP contribution in [0.25, 0.3) is 11.3 Å². The number of nitrogen functional groups attached to an aromatic ring is 1. The number of nitrogens with two attached hydrogens (primary N) is 1. The number of fused-ring (bicyclic) bond motifs is 3. The third-order valence-electron chi connectivity index (χ3n) is 3.26. The topological polar surface area (TPSA) is 70.3 Å². The Balaban J connectivity index is 2.29. The van der Waals surface area contributed by atoms with Gasteiger partial charge in [0, 0.05) is 17.3 Å². The molecule has 1 aromatic carbocycles. The summed E-state index contributed by atoms with van der Waals surface area (Å²) in [5.74, 6) is 1.78. The molecule has 2 aromatic rings. The monoisotopic (exact) mass is 257 g/mol. The van der Waals surface area contributed by atoms with E-state index in [4.69, 9.17) is 15.2 Å². The number of nitrogens with zero attached hydrogens (tertiary/aromatic N) is 2. The summed E-state index contributed by atoms with van der Waals surface area (Å²) < 4.78 is 11.3. The van der Waals surface area contributed by atoms with Crippen LogP contribution in [-0.2, 0) is 5.60 Å². The van der Waals surface area contributed by atoms with Crippen molar-refractivity contribution in [2.75, 3.05) is 12.8 Å². The molecule has 5 nitrogen and oxygen atoms in total. The van der Waals surface area contributed by atoms with Crippen molar-refractivity contribution in [2.24, 2.45) is 0 Å². The number of rotatable bonds is 1. The van der Waals surface area contributed by atoms with Gasteiger partial charge in [0.15, 0.2) is 0 Å². The van der Waals surface area contributed by atoms with Gasteiger partial charge in [0.2, 0.25) is 5.95 Å². The predicted molar refractivity (Wildman–Crippen MR) is 72.1 cm³/mol. The van der Waals surface area contributed by atoms with Crippen LogP contribution in [0, 0.1) is 0 Å². The maximum Gasteiger partial charge on any atom is 0.220 e. The van der Waals surface area contributed by atoms with Crippen LogP contribution in [0.2, 0.25) is 0 Å². The van der Waals surface area contributed by atoms with E-state index in [-0.39, 0.29) is 5.95 Å². The van der Waals surface area contributed by atoms with Gasteiger partial charge < -0.3 is 15.2 Å². The molecule has 3 rings (SSSR count). The normalized spacial score (nSPS) is 15.1. The van der Waals surface area contributed by atoms with Crippen molar-refractivity contribution >= 4 is 5.95 Å². The molecule has 0 aliphatic carbocycles. The Kier molecular flexibility index (Phi) is 2.38. The molecule has 0 unspecified atom stereocenters. The van der Waals surface area contributed by atoms with Crippen molar-refractivity contribution in [3.63, 3.8) is 0 Å². The molecule has 0 amide bonds. The van der Waals surface area contributed by atoms with Gasteiger partial charge in [-0.15, -0.1) is 0 Å². The lowest BCUT2D eigenvalue weighted by molar-refractivity contribution is 0.104. The molecule has 1 aliphatic rings. The fraction of sp³-hybridized carbons (Fsp3) is 0.286. The Morgan fingerprint density at radius 3 is 2.84 bits per heavy atom. The Hall–Kier alpha value is -2.30. The van der Waals surface area contributed by atoms with Crippen molar-refractivity contribution in [2.45, 2.75) is 19.4 Å². The summed E-state index contributed by atoms with van der Waals surface area (Å²) in [6.07, 6.45) is 1.72. The first-order chi connectivity index (χ1) is 9.01. The fourth-order valence-corrected chi connectivity index (χ4v) is 2.28. The van der Waals surface area contributed by atoms with E-state index in [0.29, 0.717) is 0 Å². The van der Waals surface area contributed by atoms with Crippen LogP contribution in [0.4, 0.5) is 5.95 Å². The second kappa shape index (κ2) is 3.85. The van der Waals surface area contributed by atoms with E-state index in [1.165, 1.54) is 0 Å². The predicted octanol–water partition coefficient (Wildman–Crippen LogP) is 2.36. The highest BCUT2D eigenvalue weighted by molar-refractivity contribution is 5.75. The van der Waals surface area contributed by atoms with E-state index < -0.39 is 5.60 Å². The Morgan fingerprint density at radius 1 is 1.32 bits per heavy atom. The third kappa shape index (κ3) is 1.78. The van der Waals surface area contributed by atoms with Crippen molar-refractivity contribution in [3.05, 3.63) is 30.0 Å². The van der Waals surface area contributed by atoms with Gasteiger partial charge in [-0.25, -0.2) is 9.97 Å². The van der Waals surface area contributed by atoms with Gasteiger partial charge in [-0.3, -0.25) is 0 Å². The van der Waals surface area contributed by atoms with E-state index in [2.05, 4.69) is 9.97 Å². The quantitative estimate of drug-likeness (QED) is 0.849. The molecule has 1 aromatic heterocycles. The molecule has 0 saturated carbocycles. The molecular weight excluding hydrogens is 242 g/mol. The SMILES string of the molecule is COc1ccc2c(c1)-c1nc(N)ncc1C(C)(C)O2. The summed E-state index contributed by atoms with van der Waals surface area (Å²) in [5, 5.41) is 0. The first-order valence-electron chi connectivity index (χ1n) is 6.02. The van der Waals surface area contributed by atoms with Crippen LogP contribution >= 0.6 is 0 Å². The van der Waals surface area contributed by atoms with Crippen LogP contribution in [0.5, 0.6) is 11.5 Å². The summed E-state index contributed by atoms with van der Waals surface area (Å²) >= 11 is 0. The molecular formula is C14H15N3O2. The minimum Gasteiger partial charge on any atom is -0.497 e. The second-order valence-corrected chi connectivity index (χ2v) is 4.96. The van der Waals surface area contributed by atoms with Crippen LogP contribution in [-0.4, -0.2) is 17.1 Å². The average molecular weight is 257 g/mol. The number of benzene rings is 1. The fourth-order valence-electron chi connectivity index (χ4n) is 2.28. The number of ether oxygens (including phenoxy) is 2. The zero-order valence-corrected chi connectivity index (χ0v) is 11.1. The van der Waals surface area contributed by atoms with E-state index in [1.54, 1.807) is 13.3 Å². The van der Waals surface area contributed by atoms with Crippen molar-refractivity contribution in [1.82, 2.24) is 9.97 Å². The Bertz CT molecular complexity index is 653. The van der Waals surface area contributed by atoms with Gasteiger partial charge in [-0.2, -0.15) is 0 Å². The number of aromatic nitrogens is 2. The minimum absolute atomic E-state index is 0.255. The smallest absolute Gasteiger partial charge is 0.220 e. The summed E-state index contributed by atoms with van der Waals surface area (Å²) in [6, 6.07) is 5.65. The summed E-state index contributed by atoms with van der Waals surface area (Å²) in [6.45, 7) is 3.97. The molecule has 0 fully saturated rings. The molecule has 0 spiro atoms. The van der Waals surface area contributed by atoms with Gasteiger partial charge in [0.1, 0.15) is 17.1 Å². The maximum atomic E-state index is 6.01. The minimum atomic E-state index is -0.482. The van der Waals surface area contributed by atoms with E-state index in [0.717, 1.165) is 28.3 Å². The van der Waals surface area contributed by atoms with Crippen LogP contribution in [0.3, 0.4) is 0 Å². The highest BCUT2D eigenvalue weighted by atomic mass is 16.5. The lowest BCUT2D eigenvalue weighted by Crippen LogP contribution is -2.30. The number of methoxy groups -OCH3 is 1. The Labute approximate surface area is 111 Å². The molecule has 2 N–H and O–H groups in total. The largest absolute Gasteiger partial charge is 0.497 e. The number of anilines is 1. The zero-order chi connectivity index (χ0) is 13.6. The molecule has 2 heterocycles. The van der Waals surface area contributed by atoms with E-state index in [1.807, 2.05) is 32.0 Å².